The molecule has 1 aromatic rings. The van der Waals surface area contributed by atoms with E-state index >= 15 is 0 Å². The Morgan fingerprint density at radius 3 is 3.00 bits per heavy atom. The fraction of sp³-hybridized carbons (Fsp3) is 0.571. The molecule has 3 rings (SSSR count). The molecule has 1 saturated carbocycles. The summed E-state index contributed by atoms with van der Waals surface area (Å²) in [7, 11) is 0. The first-order valence-electron chi connectivity index (χ1n) is 6.81. The van der Waals surface area contributed by atoms with Gasteiger partial charge in [-0.15, -0.1) is 0 Å². The summed E-state index contributed by atoms with van der Waals surface area (Å²) in [4.78, 5) is 18.3. The third kappa shape index (κ3) is 2.35. The van der Waals surface area contributed by atoms with Gasteiger partial charge in [-0.3, -0.25) is 9.78 Å². The number of carbonyl (C=O) groups excluding carboxylic acids is 1. The number of halogens is 1. The number of fused-ring (bicyclic) bond motifs is 1. The summed E-state index contributed by atoms with van der Waals surface area (Å²) >= 11 is 6.04. The van der Waals surface area contributed by atoms with Crippen LogP contribution in [-0.4, -0.2) is 34.9 Å². The average molecular weight is 280 g/mol. The monoisotopic (exact) mass is 279 g/mol. The number of hydrogen-bond acceptors (Lipinski definition) is 3. The van der Waals surface area contributed by atoms with E-state index in [4.69, 9.17) is 17.3 Å². The zero-order chi connectivity index (χ0) is 13.4. The van der Waals surface area contributed by atoms with E-state index in [2.05, 4.69) is 4.98 Å². The molecule has 1 aliphatic heterocycles. The molecule has 4 nitrogen and oxygen atoms in total. The van der Waals surface area contributed by atoms with E-state index in [9.17, 15) is 4.79 Å². The van der Waals surface area contributed by atoms with Crippen molar-refractivity contribution in [1.82, 2.24) is 9.88 Å². The Morgan fingerprint density at radius 1 is 1.42 bits per heavy atom. The molecule has 19 heavy (non-hydrogen) atoms. The van der Waals surface area contributed by atoms with Crippen LogP contribution in [0.1, 0.15) is 29.6 Å². The van der Waals surface area contributed by atoms with Crippen molar-refractivity contribution in [3.63, 3.8) is 0 Å². The Labute approximate surface area is 117 Å². The summed E-state index contributed by atoms with van der Waals surface area (Å²) in [5, 5.41) is 0.423. The molecule has 102 valence electrons. The van der Waals surface area contributed by atoms with Crippen molar-refractivity contribution in [2.24, 2.45) is 17.6 Å². The maximum absolute atomic E-state index is 12.5. The zero-order valence-corrected chi connectivity index (χ0v) is 11.5. The van der Waals surface area contributed by atoms with Crippen LogP contribution in [0.5, 0.6) is 0 Å². The molecule has 3 unspecified atom stereocenters. The van der Waals surface area contributed by atoms with Crippen molar-refractivity contribution in [2.75, 3.05) is 13.1 Å². The molecular weight excluding hydrogens is 262 g/mol. The minimum atomic E-state index is 0.00833. The van der Waals surface area contributed by atoms with Crippen LogP contribution in [0.2, 0.25) is 5.02 Å². The number of hydrogen-bond donors (Lipinski definition) is 1. The van der Waals surface area contributed by atoms with E-state index in [1.54, 1.807) is 12.3 Å². The lowest BCUT2D eigenvalue weighted by atomic mass is 9.78. The van der Waals surface area contributed by atoms with E-state index in [0.717, 1.165) is 19.5 Å². The van der Waals surface area contributed by atoms with Gasteiger partial charge in [0.05, 0.1) is 10.6 Å². The number of carbonyl (C=O) groups is 1. The van der Waals surface area contributed by atoms with Gasteiger partial charge >= 0.3 is 0 Å². The SMILES string of the molecule is NC1CCCC2CN(C(=O)c3ccncc3Cl)CC12. The normalized spacial score (nSPS) is 30.2. The van der Waals surface area contributed by atoms with Crippen molar-refractivity contribution in [2.45, 2.75) is 25.3 Å². The van der Waals surface area contributed by atoms with Gasteiger partial charge in [-0.25, -0.2) is 0 Å². The van der Waals surface area contributed by atoms with Crippen LogP contribution in [0.25, 0.3) is 0 Å². The summed E-state index contributed by atoms with van der Waals surface area (Å²) in [5.41, 5.74) is 6.72. The Kier molecular flexibility index (Phi) is 3.46. The highest BCUT2D eigenvalue weighted by Crippen LogP contribution is 2.36. The second kappa shape index (κ2) is 5.10. The minimum absolute atomic E-state index is 0.00833. The largest absolute Gasteiger partial charge is 0.338 e. The fourth-order valence-corrected chi connectivity index (χ4v) is 3.60. The predicted molar refractivity (Wildman–Crippen MR) is 74.0 cm³/mol. The number of amides is 1. The molecule has 1 amide bonds. The first kappa shape index (κ1) is 12.9. The lowest BCUT2D eigenvalue weighted by Crippen LogP contribution is -2.38. The minimum Gasteiger partial charge on any atom is -0.338 e. The molecule has 1 aliphatic carbocycles. The zero-order valence-electron chi connectivity index (χ0n) is 10.8. The second-order valence-corrected chi connectivity index (χ2v) is 5.99. The fourth-order valence-electron chi connectivity index (χ4n) is 3.40. The summed E-state index contributed by atoms with van der Waals surface area (Å²) in [6.45, 7) is 1.58. The lowest BCUT2D eigenvalue weighted by molar-refractivity contribution is 0.0783. The summed E-state index contributed by atoms with van der Waals surface area (Å²) in [6.07, 6.45) is 6.57. The van der Waals surface area contributed by atoms with Crippen LogP contribution in [0, 0.1) is 11.8 Å². The van der Waals surface area contributed by atoms with Crippen LogP contribution < -0.4 is 5.73 Å². The van der Waals surface area contributed by atoms with Gasteiger partial charge in [0, 0.05) is 31.5 Å². The molecule has 0 spiro atoms. The summed E-state index contributed by atoms with van der Waals surface area (Å²) < 4.78 is 0. The number of pyridine rings is 1. The average Bonchev–Trinajstić information content (AvgIpc) is 2.84. The van der Waals surface area contributed by atoms with E-state index in [1.807, 2.05) is 4.90 Å². The van der Waals surface area contributed by atoms with E-state index in [1.165, 1.54) is 19.0 Å². The molecule has 0 radical (unpaired) electrons. The molecule has 2 aliphatic rings. The highest BCUT2D eigenvalue weighted by atomic mass is 35.5. The molecule has 5 heteroatoms. The van der Waals surface area contributed by atoms with Gasteiger partial charge in [-0.2, -0.15) is 0 Å². The van der Waals surface area contributed by atoms with Crippen LogP contribution >= 0.6 is 11.6 Å². The topological polar surface area (TPSA) is 59.2 Å². The molecule has 0 aromatic carbocycles. The Hall–Kier alpha value is -1.13. The smallest absolute Gasteiger partial charge is 0.255 e. The quantitative estimate of drug-likeness (QED) is 0.855. The van der Waals surface area contributed by atoms with E-state index in [0.29, 0.717) is 22.4 Å². The van der Waals surface area contributed by atoms with Crippen LogP contribution in [-0.2, 0) is 0 Å². The van der Waals surface area contributed by atoms with Gasteiger partial charge in [0.2, 0.25) is 0 Å². The number of aromatic nitrogens is 1. The van der Waals surface area contributed by atoms with Gasteiger partial charge in [-0.05, 0) is 30.7 Å². The third-order valence-electron chi connectivity index (χ3n) is 4.44. The van der Waals surface area contributed by atoms with Gasteiger partial charge in [0.25, 0.3) is 5.91 Å². The summed E-state index contributed by atoms with van der Waals surface area (Å²) in [5.74, 6) is 1.03. The van der Waals surface area contributed by atoms with Crippen LogP contribution in [0.4, 0.5) is 0 Å². The molecule has 1 saturated heterocycles. The first-order valence-corrected chi connectivity index (χ1v) is 7.19. The highest BCUT2D eigenvalue weighted by molar-refractivity contribution is 6.33. The molecular formula is C14H18ClN3O. The number of likely N-dealkylation sites (tertiary alicyclic amines) is 1. The van der Waals surface area contributed by atoms with Crippen LogP contribution in [0.15, 0.2) is 18.5 Å². The van der Waals surface area contributed by atoms with E-state index in [-0.39, 0.29) is 11.9 Å². The van der Waals surface area contributed by atoms with Crippen molar-refractivity contribution < 1.29 is 4.79 Å². The van der Waals surface area contributed by atoms with Gasteiger partial charge in [0.15, 0.2) is 0 Å². The predicted octanol–water partition coefficient (Wildman–Crippen LogP) is 1.93. The summed E-state index contributed by atoms with van der Waals surface area (Å²) in [6, 6.07) is 1.93. The Bertz CT molecular complexity index is 493. The number of nitrogens with two attached hydrogens (primary N) is 1. The molecule has 1 aromatic heterocycles. The molecule has 3 atom stereocenters. The van der Waals surface area contributed by atoms with Crippen molar-refractivity contribution in [1.29, 1.82) is 0 Å². The third-order valence-corrected chi connectivity index (χ3v) is 4.75. The standard InChI is InChI=1S/C14H18ClN3O/c15-12-6-17-5-4-10(12)14(19)18-7-9-2-1-3-13(16)11(9)8-18/h4-6,9,11,13H,1-3,7-8,16H2. The van der Waals surface area contributed by atoms with Crippen molar-refractivity contribution in [3.8, 4) is 0 Å². The lowest BCUT2D eigenvalue weighted by Gasteiger charge is -2.29. The Balaban J connectivity index is 1.78. The van der Waals surface area contributed by atoms with Crippen molar-refractivity contribution in [3.05, 3.63) is 29.0 Å². The van der Waals surface area contributed by atoms with Gasteiger partial charge in [-0.1, -0.05) is 18.0 Å². The van der Waals surface area contributed by atoms with Crippen LogP contribution in [0.3, 0.4) is 0 Å². The van der Waals surface area contributed by atoms with Gasteiger partial charge < -0.3 is 10.6 Å². The number of rotatable bonds is 1. The van der Waals surface area contributed by atoms with E-state index < -0.39 is 0 Å². The second-order valence-electron chi connectivity index (χ2n) is 5.58. The highest BCUT2D eigenvalue weighted by Gasteiger charge is 2.40. The maximum atomic E-state index is 12.5. The molecule has 0 bridgehead atoms. The number of nitrogens with zero attached hydrogens (tertiary/aromatic N) is 2. The van der Waals surface area contributed by atoms with Crippen molar-refractivity contribution >= 4 is 17.5 Å². The van der Waals surface area contributed by atoms with Gasteiger partial charge in [0.1, 0.15) is 0 Å². The maximum Gasteiger partial charge on any atom is 0.255 e. The Morgan fingerprint density at radius 2 is 2.26 bits per heavy atom. The molecule has 2 heterocycles. The first-order chi connectivity index (χ1) is 9.16. The molecule has 2 fully saturated rings. The molecule has 2 N–H and O–H groups in total.